The lowest BCUT2D eigenvalue weighted by Crippen LogP contribution is -2.49. The Morgan fingerprint density at radius 2 is 1.52 bits per heavy atom. The number of anilines is 1. The monoisotopic (exact) mass is 463 g/mol. The first-order valence-electron chi connectivity index (χ1n) is 11.0. The molecule has 33 heavy (non-hydrogen) atoms. The van der Waals surface area contributed by atoms with Gasteiger partial charge >= 0.3 is 0 Å². The molecule has 0 aromatic heterocycles. The van der Waals surface area contributed by atoms with E-state index in [0.29, 0.717) is 53.8 Å². The van der Waals surface area contributed by atoms with Crippen LogP contribution in [0.15, 0.2) is 78.9 Å². The Hall–Kier alpha value is -3.35. The van der Waals surface area contributed by atoms with E-state index in [2.05, 4.69) is 10.2 Å². The molecule has 0 spiro atoms. The fourth-order valence-electron chi connectivity index (χ4n) is 3.70. The van der Waals surface area contributed by atoms with E-state index in [1.165, 1.54) is 0 Å². The summed E-state index contributed by atoms with van der Waals surface area (Å²) in [5.41, 5.74) is 1.29. The van der Waals surface area contributed by atoms with Gasteiger partial charge in [0.15, 0.2) is 5.75 Å². The van der Waals surface area contributed by atoms with Gasteiger partial charge in [-0.3, -0.25) is 14.5 Å². The van der Waals surface area contributed by atoms with E-state index in [1.807, 2.05) is 59.5 Å². The zero-order valence-electron chi connectivity index (χ0n) is 18.2. The number of carbonyl (C=O) groups excluding carboxylic acids is 2. The van der Waals surface area contributed by atoms with E-state index in [9.17, 15) is 9.59 Å². The maximum atomic E-state index is 12.6. The Morgan fingerprint density at radius 3 is 2.24 bits per heavy atom. The number of piperazine rings is 1. The van der Waals surface area contributed by atoms with E-state index in [1.54, 1.807) is 24.3 Å². The summed E-state index contributed by atoms with van der Waals surface area (Å²) < 4.78 is 5.91. The molecule has 0 unspecified atom stereocenters. The molecule has 1 heterocycles. The molecule has 2 amide bonds. The first kappa shape index (κ1) is 22.8. The molecule has 1 saturated heterocycles. The summed E-state index contributed by atoms with van der Waals surface area (Å²) in [4.78, 5) is 29.3. The summed E-state index contributed by atoms with van der Waals surface area (Å²) in [6.45, 7) is 3.38. The molecular weight excluding hydrogens is 438 g/mol. The van der Waals surface area contributed by atoms with E-state index in [0.717, 1.165) is 13.1 Å². The Balaban J connectivity index is 1.24. The normalized spacial score (nSPS) is 14.0. The molecule has 0 bridgehead atoms. The number of halogens is 1. The highest BCUT2D eigenvalue weighted by molar-refractivity contribution is 6.30. The number of carbonyl (C=O) groups is 2. The highest BCUT2D eigenvalue weighted by Crippen LogP contribution is 2.29. The van der Waals surface area contributed by atoms with Crippen molar-refractivity contribution in [2.45, 2.75) is 6.42 Å². The molecule has 0 aliphatic carbocycles. The maximum absolute atomic E-state index is 12.6. The first-order valence-corrected chi connectivity index (χ1v) is 11.4. The fourth-order valence-corrected chi connectivity index (χ4v) is 3.82. The van der Waals surface area contributed by atoms with Gasteiger partial charge in [-0.05, 0) is 48.5 Å². The largest absolute Gasteiger partial charge is 0.455 e. The molecule has 1 fully saturated rings. The number of hydrogen-bond donors (Lipinski definition) is 1. The maximum Gasteiger partial charge on any atom is 0.253 e. The van der Waals surface area contributed by atoms with E-state index in [4.69, 9.17) is 16.3 Å². The molecule has 3 aromatic carbocycles. The van der Waals surface area contributed by atoms with Crippen LogP contribution in [-0.2, 0) is 4.79 Å². The number of hydrogen-bond acceptors (Lipinski definition) is 4. The molecule has 6 nitrogen and oxygen atoms in total. The summed E-state index contributed by atoms with van der Waals surface area (Å²) in [6.07, 6.45) is 0.366. The van der Waals surface area contributed by atoms with Crippen molar-refractivity contribution < 1.29 is 14.3 Å². The number of nitrogens with one attached hydrogen (secondary N) is 1. The van der Waals surface area contributed by atoms with Crippen LogP contribution in [0.5, 0.6) is 11.5 Å². The summed E-state index contributed by atoms with van der Waals surface area (Å²) >= 11 is 5.91. The number of para-hydroxylation sites is 3. The van der Waals surface area contributed by atoms with Crippen molar-refractivity contribution >= 4 is 29.1 Å². The lowest BCUT2D eigenvalue weighted by molar-refractivity contribution is -0.116. The molecule has 1 aliphatic heterocycles. The molecule has 7 heteroatoms. The van der Waals surface area contributed by atoms with Crippen molar-refractivity contribution in [3.8, 4) is 11.5 Å². The minimum atomic E-state index is -0.0706. The van der Waals surface area contributed by atoms with E-state index in [-0.39, 0.29) is 11.8 Å². The van der Waals surface area contributed by atoms with Crippen LogP contribution in [0.25, 0.3) is 0 Å². The van der Waals surface area contributed by atoms with Gasteiger partial charge < -0.3 is 15.0 Å². The van der Waals surface area contributed by atoms with Crippen LogP contribution >= 0.6 is 11.6 Å². The summed E-state index contributed by atoms with van der Waals surface area (Å²) in [5.74, 6) is 1.26. The zero-order chi connectivity index (χ0) is 23.0. The van der Waals surface area contributed by atoms with Crippen molar-refractivity contribution in [1.29, 1.82) is 0 Å². The van der Waals surface area contributed by atoms with Gasteiger partial charge in [0.05, 0.1) is 5.69 Å². The van der Waals surface area contributed by atoms with Crippen molar-refractivity contribution in [3.63, 3.8) is 0 Å². The predicted octanol–water partition coefficient (Wildman–Crippen LogP) is 4.92. The van der Waals surface area contributed by atoms with E-state index >= 15 is 0 Å². The zero-order valence-corrected chi connectivity index (χ0v) is 19.0. The lowest BCUT2D eigenvalue weighted by atomic mass is 10.2. The smallest absolute Gasteiger partial charge is 0.253 e. The van der Waals surface area contributed by atoms with Crippen molar-refractivity contribution in [2.24, 2.45) is 0 Å². The first-order chi connectivity index (χ1) is 16.1. The number of amides is 2. The van der Waals surface area contributed by atoms with Gasteiger partial charge in [-0.2, -0.15) is 0 Å². The van der Waals surface area contributed by atoms with E-state index < -0.39 is 0 Å². The fraction of sp³-hybridized carbons (Fsp3) is 0.231. The Bertz CT molecular complexity index is 1080. The Kier molecular flexibility index (Phi) is 7.60. The molecule has 3 aromatic rings. The topological polar surface area (TPSA) is 61.9 Å². The minimum Gasteiger partial charge on any atom is -0.455 e. The average Bonchev–Trinajstić information content (AvgIpc) is 2.85. The molecule has 1 N–H and O–H groups in total. The Labute approximate surface area is 198 Å². The quantitative estimate of drug-likeness (QED) is 0.540. The third-order valence-corrected chi connectivity index (χ3v) is 5.79. The second-order valence-electron chi connectivity index (χ2n) is 7.85. The highest BCUT2D eigenvalue weighted by Gasteiger charge is 2.22. The van der Waals surface area contributed by atoms with Gasteiger partial charge in [-0.25, -0.2) is 0 Å². The van der Waals surface area contributed by atoms with Gasteiger partial charge in [-0.15, -0.1) is 0 Å². The lowest BCUT2D eigenvalue weighted by Gasteiger charge is -2.34. The summed E-state index contributed by atoms with van der Waals surface area (Å²) in [5, 5.41) is 3.57. The van der Waals surface area contributed by atoms with Crippen molar-refractivity contribution in [2.75, 3.05) is 38.0 Å². The van der Waals surface area contributed by atoms with Gasteiger partial charge in [0, 0.05) is 49.7 Å². The van der Waals surface area contributed by atoms with Crippen LogP contribution in [0, 0.1) is 0 Å². The van der Waals surface area contributed by atoms with Crippen LogP contribution in [0.4, 0.5) is 5.69 Å². The van der Waals surface area contributed by atoms with Gasteiger partial charge in [-0.1, -0.05) is 41.9 Å². The highest BCUT2D eigenvalue weighted by atomic mass is 35.5. The molecule has 170 valence electrons. The number of benzene rings is 3. The molecule has 0 saturated carbocycles. The second-order valence-corrected chi connectivity index (χ2v) is 8.29. The van der Waals surface area contributed by atoms with Gasteiger partial charge in [0.2, 0.25) is 5.91 Å². The van der Waals surface area contributed by atoms with Crippen molar-refractivity contribution in [1.82, 2.24) is 9.80 Å². The summed E-state index contributed by atoms with van der Waals surface area (Å²) in [6, 6.07) is 23.8. The predicted molar refractivity (Wildman–Crippen MR) is 130 cm³/mol. The van der Waals surface area contributed by atoms with Gasteiger partial charge in [0.1, 0.15) is 5.75 Å². The van der Waals surface area contributed by atoms with Crippen LogP contribution < -0.4 is 10.1 Å². The molecule has 4 rings (SSSR count). The third kappa shape index (κ3) is 6.34. The van der Waals surface area contributed by atoms with Crippen LogP contribution in [0.2, 0.25) is 5.02 Å². The number of nitrogens with zero attached hydrogens (tertiary/aromatic N) is 2. The van der Waals surface area contributed by atoms with Crippen molar-refractivity contribution in [3.05, 3.63) is 89.4 Å². The van der Waals surface area contributed by atoms with Crippen LogP contribution in [-0.4, -0.2) is 54.3 Å². The standard InChI is InChI=1S/C26H26ClN3O3/c27-21-12-10-20(11-13-21)26(32)30-18-16-29(17-19-30)15-14-25(31)28-23-8-4-5-9-24(23)33-22-6-2-1-3-7-22/h1-13H,14-19H2,(H,28,31). The molecule has 1 aliphatic rings. The van der Waals surface area contributed by atoms with Crippen LogP contribution in [0.3, 0.4) is 0 Å². The Morgan fingerprint density at radius 1 is 0.848 bits per heavy atom. The minimum absolute atomic E-state index is 0.0130. The summed E-state index contributed by atoms with van der Waals surface area (Å²) in [7, 11) is 0. The van der Waals surface area contributed by atoms with Gasteiger partial charge in [0.25, 0.3) is 5.91 Å². The molecule has 0 atom stereocenters. The average molecular weight is 464 g/mol. The second kappa shape index (κ2) is 11.0. The molecule has 0 radical (unpaired) electrons. The number of rotatable bonds is 7. The number of ether oxygens (including phenoxy) is 1. The van der Waals surface area contributed by atoms with Crippen LogP contribution in [0.1, 0.15) is 16.8 Å². The SMILES string of the molecule is O=C(CCN1CCN(C(=O)c2ccc(Cl)cc2)CC1)Nc1ccccc1Oc1ccccc1. The third-order valence-electron chi connectivity index (χ3n) is 5.54. The molecular formula is C26H26ClN3O3.